The second-order valence-corrected chi connectivity index (χ2v) is 6.80. The maximum absolute atomic E-state index is 11.9. The quantitative estimate of drug-likeness (QED) is 0.766. The van der Waals surface area contributed by atoms with Crippen molar-refractivity contribution < 1.29 is 8.42 Å². The number of hydrogen-bond donors (Lipinski definition) is 2. The first kappa shape index (κ1) is 15.1. The average molecular weight is 274 g/mol. The Morgan fingerprint density at radius 2 is 2.11 bits per heavy atom. The molecule has 1 aromatic rings. The summed E-state index contributed by atoms with van der Waals surface area (Å²) in [6.45, 7) is 4.65. The maximum atomic E-state index is 11.9. The van der Waals surface area contributed by atoms with Gasteiger partial charge in [0.1, 0.15) is 4.90 Å². The fraction of sp³-hybridized carbons (Fsp3) is 0.727. The molecule has 1 unspecified atom stereocenters. The van der Waals surface area contributed by atoms with Gasteiger partial charge >= 0.3 is 0 Å². The lowest BCUT2D eigenvalue weighted by Gasteiger charge is -2.26. The van der Waals surface area contributed by atoms with Gasteiger partial charge in [-0.3, -0.25) is 5.10 Å². The number of rotatable bonds is 7. The Morgan fingerprint density at radius 3 is 2.56 bits per heavy atom. The zero-order chi connectivity index (χ0) is 13.8. The van der Waals surface area contributed by atoms with E-state index >= 15 is 0 Å². The predicted molar refractivity (Wildman–Crippen MR) is 70.7 cm³/mol. The molecule has 1 rings (SSSR count). The van der Waals surface area contributed by atoms with Crippen molar-refractivity contribution in [2.75, 3.05) is 20.6 Å². The molecule has 0 aromatic carbocycles. The molecule has 0 aliphatic carbocycles. The summed E-state index contributed by atoms with van der Waals surface area (Å²) >= 11 is 0. The lowest BCUT2D eigenvalue weighted by molar-refractivity contribution is 0.255. The Kier molecular flexibility index (Phi) is 5.30. The van der Waals surface area contributed by atoms with Gasteiger partial charge in [0.25, 0.3) is 0 Å². The Hall–Kier alpha value is -0.920. The number of nitrogens with zero attached hydrogens (tertiary/aromatic N) is 2. The Bertz CT molecular complexity index is 440. The van der Waals surface area contributed by atoms with Crippen molar-refractivity contribution in [3.8, 4) is 0 Å². The molecular weight excluding hydrogens is 252 g/mol. The molecule has 0 saturated heterocycles. The van der Waals surface area contributed by atoms with Gasteiger partial charge < -0.3 is 4.90 Å². The van der Waals surface area contributed by atoms with Crippen LogP contribution in [0.4, 0.5) is 0 Å². The van der Waals surface area contributed by atoms with Crippen molar-refractivity contribution in [1.29, 1.82) is 0 Å². The van der Waals surface area contributed by atoms with Gasteiger partial charge in [-0.15, -0.1) is 0 Å². The number of H-pyrrole nitrogens is 1. The zero-order valence-electron chi connectivity index (χ0n) is 11.3. The number of hydrogen-bond acceptors (Lipinski definition) is 4. The minimum Gasteiger partial charge on any atom is -0.305 e. The molecule has 1 atom stereocenters. The SMILES string of the molecule is CC(C)CC(CNS(=O)(=O)c1cn[nH]c1)N(C)C. The van der Waals surface area contributed by atoms with E-state index in [9.17, 15) is 8.42 Å². The lowest BCUT2D eigenvalue weighted by Crippen LogP contribution is -2.40. The summed E-state index contributed by atoms with van der Waals surface area (Å²) in [6, 6.07) is 0.187. The lowest BCUT2D eigenvalue weighted by atomic mass is 10.0. The number of aromatic amines is 1. The van der Waals surface area contributed by atoms with Crippen molar-refractivity contribution in [2.45, 2.75) is 31.2 Å². The van der Waals surface area contributed by atoms with Crippen molar-refractivity contribution in [3.63, 3.8) is 0 Å². The van der Waals surface area contributed by atoms with Crippen LogP contribution in [-0.4, -0.2) is 50.2 Å². The molecule has 104 valence electrons. The topological polar surface area (TPSA) is 78.1 Å². The summed E-state index contributed by atoms with van der Waals surface area (Å²) in [5.74, 6) is 0.524. The van der Waals surface area contributed by atoms with E-state index in [-0.39, 0.29) is 10.9 Å². The molecule has 0 fully saturated rings. The van der Waals surface area contributed by atoms with Crippen LogP contribution in [0.25, 0.3) is 0 Å². The number of aromatic nitrogens is 2. The van der Waals surface area contributed by atoms with Gasteiger partial charge in [0.05, 0.1) is 6.20 Å². The second-order valence-electron chi connectivity index (χ2n) is 5.03. The molecule has 1 heterocycles. The number of nitrogens with one attached hydrogen (secondary N) is 2. The van der Waals surface area contributed by atoms with E-state index in [0.717, 1.165) is 6.42 Å². The van der Waals surface area contributed by atoms with Crippen LogP contribution in [0.1, 0.15) is 20.3 Å². The largest absolute Gasteiger partial charge is 0.305 e. The standard InChI is InChI=1S/C11H22N4O2S/c1-9(2)5-10(15(3)4)6-14-18(16,17)11-7-12-13-8-11/h7-10,14H,5-6H2,1-4H3,(H,12,13). The van der Waals surface area contributed by atoms with Crippen LogP contribution in [0, 0.1) is 5.92 Å². The van der Waals surface area contributed by atoms with Crippen molar-refractivity contribution >= 4 is 10.0 Å². The highest BCUT2D eigenvalue weighted by Gasteiger charge is 2.19. The summed E-state index contributed by atoms with van der Waals surface area (Å²) in [6.07, 6.45) is 3.62. The minimum absolute atomic E-state index is 0.171. The fourth-order valence-electron chi connectivity index (χ4n) is 1.70. The third kappa shape index (κ3) is 4.40. The third-order valence-corrected chi connectivity index (χ3v) is 4.16. The molecule has 18 heavy (non-hydrogen) atoms. The van der Waals surface area contributed by atoms with Gasteiger partial charge in [0.2, 0.25) is 10.0 Å². The van der Waals surface area contributed by atoms with E-state index in [1.54, 1.807) is 0 Å². The van der Waals surface area contributed by atoms with E-state index in [1.807, 2.05) is 19.0 Å². The molecule has 1 aromatic heterocycles. The molecule has 2 N–H and O–H groups in total. The van der Waals surface area contributed by atoms with Crippen LogP contribution in [0.5, 0.6) is 0 Å². The van der Waals surface area contributed by atoms with Gasteiger partial charge in [0, 0.05) is 18.8 Å². The molecular formula is C11H22N4O2S. The van der Waals surface area contributed by atoms with Gasteiger partial charge in [-0.25, -0.2) is 13.1 Å². The molecule has 0 spiro atoms. The monoisotopic (exact) mass is 274 g/mol. The smallest absolute Gasteiger partial charge is 0.243 e. The van der Waals surface area contributed by atoms with E-state index in [2.05, 4.69) is 28.8 Å². The molecule has 0 radical (unpaired) electrons. The first-order valence-electron chi connectivity index (χ1n) is 5.98. The summed E-state index contributed by atoms with van der Waals surface area (Å²) in [5, 5.41) is 6.14. The van der Waals surface area contributed by atoms with Crippen molar-refractivity contribution in [1.82, 2.24) is 19.8 Å². The summed E-state index contributed by atoms with van der Waals surface area (Å²) in [5.41, 5.74) is 0. The van der Waals surface area contributed by atoms with Gasteiger partial charge in [-0.2, -0.15) is 5.10 Å². The fourth-order valence-corrected chi connectivity index (χ4v) is 2.67. The highest BCUT2D eigenvalue weighted by Crippen LogP contribution is 2.10. The predicted octanol–water partition coefficient (Wildman–Crippen LogP) is 0.664. The molecule has 7 heteroatoms. The maximum Gasteiger partial charge on any atom is 0.243 e. The summed E-state index contributed by atoms with van der Waals surface area (Å²) < 4.78 is 26.5. The molecule has 0 amide bonds. The first-order valence-corrected chi connectivity index (χ1v) is 7.46. The minimum atomic E-state index is -3.45. The van der Waals surface area contributed by atoms with Gasteiger partial charge in [-0.05, 0) is 26.4 Å². The molecule has 0 bridgehead atoms. The zero-order valence-corrected chi connectivity index (χ0v) is 12.2. The molecule has 6 nitrogen and oxygen atoms in total. The van der Waals surface area contributed by atoms with Crippen LogP contribution < -0.4 is 4.72 Å². The van der Waals surface area contributed by atoms with Gasteiger partial charge in [0.15, 0.2) is 0 Å². The highest BCUT2D eigenvalue weighted by atomic mass is 32.2. The molecule has 0 saturated carbocycles. The van der Waals surface area contributed by atoms with Crippen LogP contribution in [0.15, 0.2) is 17.3 Å². The van der Waals surface area contributed by atoms with Crippen LogP contribution in [0.2, 0.25) is 0 Å². The summed E-state index contributed by atoms with van der Waals surface area (Å²) in [7, 11) is 0.463. The Morgan fingerprint density at radius 1 is 1.44 bits per heavy atom. The third-order valence-electron chi connectivity index (χ3n) is 2.77. The van der Waals surface area contributed by atoms with Gasteiger partial charge in [-0.1, -0.05) is 13.8 Å². The normalized spacial score (nSPS) is 14.3. The number of sulfonamides is 1. The van der Waals surface area contributed by atoms with Crippen molar-refractivity contribution in [3.05, 3.63) is 12.4 Å². The van der Waals surface area contributed by atoms with Crippen LogP contribution in [0.3, 0.4) is 0 Å². The number of likely N-dealkylation sites (N-methyl/N-ethyl adjacent to an activating group) is 1. The van der Waals surface area contributed by atoms with E-state index in [4.69, 9.17) is 0 Å². The van der Waals surface area contributed by atoms with Crippen molar-refractivity contribution in [2.24, 2.45) is 5.92 Å². The Balaban J connectivity index is 2.62. The van der Waals surface area contributed by atoms with Crippen LogP contribution >= 0.6 is 0 Å². The average Bonchev–Trinajstić information content (AvgIpc) is 2.77. The molecule has 0 aliphatic rings. The van der Waals surface area contributed by atoms with E-state index < -0.39 is 10.0 Å². The summed E-state index contributed by atoms with van der Waals surface area (Å²) in [4.78, 5) is 2.21. The highest BCUT2D eigenvalue weighted by molar-refractivity contribution is 7.89. The first-order chi connectivity index (χ1) is 8.33. The Labute approximate surface area is 109 Å². The van der Waals surface area contributed by atoms with E-state index in [0.29, 0.717) is 12.5 Å². The molecule has 0 aliphatic heterocycles. The van der Waals surface area contributed by atoms with E-state index in [1.165, 1.54) is 12.4 Å². The van der Waals surface area contributed by atoms with Crippen LogP contribution in [-0.2, 0) is 10.0 Å². The second kappa shape index (κ2) is 6.31.